The molecule has 5 nitrogen and oxygen atoms in total. The highest BCUT2D eigenvalue weighted by Gasteiger charge is 2.69. The van der Waals surface area contributed by atoms with Crippen LogP contribution >= 0.6 is 0 Å². The average Bonchev–Trinajstić information content (AvgIpc) is 3.18. The Balaban J connectivity index is 1.34. The molecular formula is C34H28N2O3. The summed E-state index contributed by atoms with van der Waals surface area (Å²) in [5.74, 6) is -1.83. The molecule has 1 heterocycles. The van der Waals surface area contributed by atoms with E-state index in [4.69, 9.17) is 0 Å². The normalized spacial score (nSPS) is 24.3. The second-order valence-electron chi connectivity index (χ2n) is 10.9. The Bertz CT molecular complexity index is 1640. The number of carbonyl (C=O) groups excluding carboxylic acids is 3. The third kappa shape index (κ3) is 3.10. The Morgan fingerprint density at radius 2 is 1.36 bits per heavy atom. The van der Waals surface area contributed by atoms with Crippen LogP contribution in [0.2, 0.25) is 0 Å². The Morgan fingerprint density at radius 3 is 2.03 bits per heavy atom. The first-order valence-electron chi connectivity index (χ1n) is 13.5. The zero-order valence-corrected chi connectivity index (χ0v) is 21.8. The SMILES string of the molecule is CCc1ccccc1NC(=O)c1ccccc1N1C(=O)[C@H]2C3c4ccccc4C(c4ccccc43)[C@]2(C)C1=O. The van der Waals surface area contributed by atoms with Gasteiger partial charge in [0.05, 0.1) is 22.6 Å². The fraction of sp³-hybridized carbons (Fsp3) is 0.206. The van der Waals surface area contributed by atoms with Crippen LogP contribution in [0.1, 0.15) is 63.9 Å². The highest BCUT2D eigenvalue weighted by molar-refractivity contribution is 6.27. The first-order chi connectivity index (χ1) is 19.0. The molecule has 1 aliphatic heterocycles. The monoisotopic (exact) mass is 512 g/mol. The molecule has 2 atom stereocenters. The molecule has 3 aliphatic carbocycles. The maximum Gasteiger partial charge on any atom is 0.257 e. The number of anilines is 2. The number of nitrogens with zero attached hydrogens (tertiary/aromatic N) is 1. The number of hydrogen-bond donors (Lipinski definition) is 1. The summed E-state index contributed by atoms with van der Waals surface area (Å²) in [5.41, 5.74) is 5.89. The van der Waals surface area contributed by atoms with E-state index in [1.807, 2.05) is 62.4 Å². The number of benzene rings is 4. The minimum atomic E-state index is -0.956. The lowest BCUT2D eigenvalue weighted by atomic mass is 9.48. The molecule has 39 heavy (non-hydrogen) atoms. The molecule has 0 unspecified atom stereocenters. The highest BCUT2D eigenvalue weighted by atomic mass is 16.2. The second kappa shape index (κ2) is 8.50. The van der Waals surface area contributed by atoms with Gasteiger partial charge in [-0.2, -0.15) is 0 Å². The van der Waals surface area contributed by atoms with E-state index in [0.717, 1.165) is 39.9 Å². The molecule has 1 saturated heterocycles. The van der Waals surface area contributed by atoms with E-state index >= 15 is 0 Å². The zero-order chi connectivity index (χ0) is 26.9. The number of para-hydroxylation sites is 2. The number of hydrogen-bond acceptors (Lipinski definition) is 3. The minimum absolute atomic E-state index is 0.216. The predicted molar refractivity (Wildman–Crippen MR) is 151 cm³/mol. The van der Waals surface area contributed by atoms with Gasteiger partial charge in [-0.15, -0.1) is 0 Å². The number of carbonyl (C=O) groups is 3. The molecule has 3 amide bonds. The molecular weight excluding hydrogens is 484 g/mol. The van der Waals surface area contributed by atoms with Crippen molar-refractivity contribution in [2.24, 2.45) is 11.3 Å². The zero-order valence-electron chi connectivity index (χ0n) is 21.8. The fourth-order valence-corrected chi connectivity index (χ4v) is 7.34. The van der Waals surface area contributed by atoms with Gasteiger partial charge in [-0.1, -0.05) is 85.8 Å². The number of rotatable bonds is 4. The summed E-state index contributed by atoms with van der Waals surface area (Å²) in [7, 11) is 0. The van der Waals surface area contributed by atoms with Crippen molar-refractivity contribution in [3.05, 3.63) is 130 Å². The second-order valence-corrected chi connectivity index (χ2v) is 10.9. The number of nitrogens with one attached hydrogen (secondary N) is 1. The topological polar surface area (TPSA) is 66.5 Å². The molecule has 0 saturated carbocycles. The minimum Gasteiger partial charge on any atom is -0.322 e. The van der Waals surface area contributed by atoms with Crippen LogP contribution in [0.3, 0.4) is 0 Å². The summed E-state index contributed by atoms with van der Waals surface area (Å²) in [5, 5.41) is 3.01. The van der Waals surface area contributed by atoms with E-state index in [0.29, 0.717) is 11.3 Å². The van der Waals surface area contributed by atoms with Crippen LogP contribution in [0.4, 0.5) is 11.4 Å². The van der Waals surface area contributed by atoms with Crippen molar-refractivity contribution in [3.8, 4) is 0 Å². The summed E-state index contributed by atoms with van der Waals surface area (Å²) in [6.07, 6.45) is 0.769. The van der Waals surface area contributed by atoms with E-state index < -0.39 is 11.3 Å². The molecule has 1 fully saturated rings. The van der Waals surface area contributed by atoms with Crippen molar-refractivity contribution in [1.82, 2.24) is 0 Å². The summed E-state index contributed by atoms with van der Waals surface area (Å²) >= 11 is 0. The van der Waals surface area contributed by atoms with Crippen molar-refractivity contribution >= 4 is 29.1 Å². The number of amides is 3. The first kappa shape index (κ1) is 23.6. The Kier molecular flexibility index (Phi) is 5.14. The third-order valence-corrected chi connectivity index (χ3v) is 9.05. The van der Waals surface area contributed by atoms with Gasteiger partial charge in [0.2, 0.25) is 11.8 Å². The Labute approximate surface area is 227 Å². The number of aryl methyl sites for hydroxylation is 1. The van der Waals surface area contributed by atoms with Gasteiger partial charge < -0.3 is 5.32 Å². The van der Waals surface area contributed by atoms with Crippen LogP contribution in [0.25, 0.3) is 0 Å². The van der Waals surface area contributed by atoms with Gasteiger partial charge in [0.15, 0.2) is 0 Å². The van der Waals surface area contributed by atoms with Crippen LogP contribution in [0.5, 0.6) is 0 Å². The smallest absolute Gasteiger partial charge is 0.257 e. The van der Waals surface area contributed by atoms with Gasteiger partial charge in [0.1, 0.15) is 0 Å². The van der Waals surface area contributed by atoms with Gasteiger partial charge in [-0.3, -0.25) is 14.4 Å². The van der Waals surface area contributed by atoms with Gasteiger partial charge >= 0.3 is 0 Å². The maximum absolute atomic E-state index is 14.5. The van der Waals surface area contributed by atoms with Crippen molar-refractivity contribution in [2.75, 3.05) is 10.2 Å². The summed E-state index contributed by atoms with van der Waals surface area (Å²) in [4.78, 5) is 43.8. The van der Waals surface area contributed by atoms with Gasteiger partial charge in [0, 0.05) is 17.5 Å². The fourth-order valence-electron chi connectivity index (χ4n) is 7.34. The largest absolute Gasteiger partial charge is 0.322 e. The molecule has 4 aromatic rings. The first-order valence-corrected chi connectivity index (χ1v) is 13.5. The predicted octanol–water partition coefficient (Wildman–Crippen LogP) is 6.29. The maximum atomic E-state index is 14.5. The highest BCUT2D eigenvalue weighted by Crippen LogP contribution is 2.67. The standard InChI is InChI=1S/C34H28N2O3/c1-3-20-12-4-10-18-26(20)35-31(37)25-17-9-11-19-27(25)36-32(38)30-28-21-13-5-7-15-23(21)29(34(30,2)33(36)39)24-16-8-6-14-22(24)28/h4-19,28-30H,3H2,1-2H3,(H,35,37)/t28?,29?,30-,34+/m1/s1. The molecule has 1 N–H and O–H groups in total. The van der Waals surface area contributed by atoms with Crippen molar-refractivity contribution in [3.63, 3.8) is 0 Å². The van der Waals surface area contributed by atoms with E-state index in [-0.39, 0.29) is 29.6 Å². The molecule has 0 spiro atoms. The van der Waals surface area contributed by atoms with Gasteiger partial charge in [0.25, 0.3) is 5.91 Å². The van der Waals surface area contributed by atoms with Crippen molar-refractivity contribution in [1.29, 1.82) is 0 Å². The van der Waals surface area contributed by atoms with E-state index in [9.17, 15) is 14.4 Å². The summed E-state index contributed by atoms with van der Waals surface area (Å²) in [6.45, 7) is 3.98. The van der Waals surface area contributed by atoms with Crippen LogP contribution in [-0.2, 0) is 16.0 Å². The van der Waals surface area contributed by atoms with Crippen LogP contribution in [0, 0.1) is 11.3 Å². The molecule has 2 bridgehead atoms. The average molecular weight is 513 g/mol. The van der Waals surface area contributed by atoms with Crippen LogP contribution < -0.4 is 10.2 Å². The molecule has 192 valence electrons. The number of imide groups is 1. The molecule has 4 aliphatic rings. The molecule has 0 aromatic heterocycles. The van der Waals surface area contributed by atoms with E-state index in [1.54, 1.807) is 24.3 Å². The lowest BCUT2D eigenvalue weighted by Gasteiger charge is -2.51. The molecule has 5 heteroatoms. The molecule has 8 rings (SSSR count). The molecule has 4 aromatic carbocycles. The van der Waals surface area contributed by atoms with Crippen molar-refractivity contribution in [2.45, 2.75) is 32.1 Å². The summed E-state index contributed by atoms with van der Waals surface area (Å²) < 4.78 is 0. The Hall–Kier alpha value is -4.51. The lowest BCUT2D eigenvalue weighted by molar-refractivity contribution is -0.128. The van der Waals surface area contributed by atoms with Gasteiger partial charge in [-0.25, -0.2) is 4.90 Å². The van der Waals surface area contributed by atoms with Crippen LogP contribution in [-0.4, -0.2) is 17.7 Å². The van der Waals surface area contributed by atoms with Crippen LogP contribution in [0.15, 0.2) is 97.1 Å². The lowest BCUT2D eigenvalue weighted by Crippen LogP contribution is -2.49. The van der Waals surface area contributed by atoms with Gasteiger partial charge in [-0.05, 0) is 59.4 Å². The van der Waals surface area contributed by atoms with E-state index in [1.165, 1.54) is 4.90 Å². The Morgan fingerprint density at radius 1 is 0.795 bits per heavy atom. The molecule has 0 radical (unpaired) electrons. The van der Waals surface area contributed by atoms with Crippen molar-refractivity contribution < 1.29 is 14.4 Å². The quantitative estimate of drug-likeness (QED) is 0.327. The summed E-state index contributed by atoms with van der Waals surface area (Å²) in [6, 6.07) is 31.0. The third-order valence-electron chi connectivity index (χ3n) is 9.05. The van der Waals surface area contributed by atoms with E-state index in [2.05, 4.69) is 29.6 Å².